The first kappa shape index (κ1) is 23.8. The third kappa shape index (κ3) is 6.35. The smallest absolute Gasteiger partial charge is 0.408 e. The molecule has 1 aromatic heterocycles. The van der Waals surface area contributed by atoms with Crippen LogP contribution in [0.4, 0.5) is 4.79 Å². The zero-order valence-electron chi connectivity index (χ0n) is 19.0. The van der Waals surface area contributed by atoms with Gasteiger partial charge in [0.15, 0.2) is 0 Å². The van der Waals surface area contributed by atoms with Crippen LogP contribution in [-0.2, 0) is 32.1 Å². The molecular weight excluding hydrogens is 422 g/mol. The van der Waals surface area contributed by atoms with Gasteiger partial charge in [0, 0.05) is 23.5 Å². The lowest BCUT2D eigenvalue weighted by Gasteiger charge is -2.24. The maximum Gasteiger partial charge on any atom is 0.408 e. The van der Waals surface area contributed by atoms with Crippen LogP contribution in [0.25, 0.3) is 10.9 Å². The lowest BCUT2D eigenvalue weighted by atomic mass is 10.0. The highest BCUT2D eigenvalue weighted by molar-refractivity contribution is 5.90. The Hall–Kier alpha value is -3.81. The van der Waals surface area contributed by atoms with E-state index in [1.807, 2.05) is 60.8 Å². The molecule has 0 fully saturated rings. The summed E-state index contributed by atoms with van der Waals surface area (Å²) in [6.45, 7) is 3.69. The van der Waals surface area contributed by atoms with Crippen LogP contribution in [0.5, 0.6) is 0 Å². The average molecular weight is 452 g/mol. The molecule has 33 heavy (non-hydrogen) atoms. The number of carbonyl (C=O) groups excluding carboxylic acids is 3. The molecule has 2 atom stereocenters. The number of fused-ring (bicyclic) bond motifs is 1. The van der Waals surface area contributed by atoms with E-state index in [0.29, 0.717) is 0 Å². The number of ether oxygens (including phenoxy) is 2. The average Bonchev–Trinajstić information content (AvgIpc) is 3.23. The number of aromatic nitrogens is 1. The predicted octanol–water partition coefficient (Wildman–Crippen LogP) is 3.32. The SMILES string of the molecule is COC(=O)[C@@H](Cc1c[nH]c2ccccc12)NC(=O)[C@@H](NC(=O)OCc1ccccc1)C(C)C. The number of H-pyrrole nitrogens is 1. The van der Waals surface area contributed by atoms with E-state index >= 15 is 0 Å². The Balaban J connectivity index is 1.66. The van der Waals surface area contributed by atoms with Crippen LogP contribution in [-0.4, -0.2) is 42.1 Å². The summed E-state index contributed by atoms with van der Waals surface area (Å²) in [4.78, 5) is 40.9. The number of para-hydroxylation sites is 1. The highest BCUT2D eigenvalue weighted by Crippen LogP contribution is 2.19. The standard InChI is InChI=1S/C25H29N3O5/c1-16(2)22(28-25(31)33-15-17-9-5-4-6-10-17)23(29)27-21(24(30)32-3)13-18-14-26-20-12-8-7-11-19(18)20/h4-12,14,16,21-22,26H,13,15H2,1-3H3,(H,27,29)(H,28,31)/t21-,22+/m1/s1. The Bertz CT molecular complexity index is 1090. The van der Waals surface area contributed by atoms with Gasteiger partial charge in [0.25, 0.3) is 0 Å². The van der Waals surface area contributed by atoms with Gasteiger partial charge in [0.05, 0.1) is 7.11 Å². The largest absolute Gasteiger partial charge is 0.467 e. The normalized spacial score (nSPS) is 12.7. The summed E-state index contributed by atoms with van der Waals surface area (Å²) < 4.78 is 10.1. The Morgan fingerprint density at radius 3 is 2.36 bits per heavy atom. The van der Waals surface area contributed by atoms with Gasteiger partial charge in [-0.25, -0.2) is 9.59 Å². The molecule has 1 heterocycles. The van der Waals surface area contributed by atoms with Crippen molar-refractivity contribution < 1.29 is 23.9 Å². The summed E-state index contributed by atoms with van der Waals surface area (Å²) in [6.07, 6.45) is 1.34. The van der Waals surface area contributed by atoms with Crippen LogP contribution < -0.4 is 10.6 Å². The van der Waals surface area contributed by atoms with Crippen molar-refractivity contribution in [1.29, 1.82) is 0 Å². The number of aromatic amines is 1. The molecule has 0 bridgehead atoms. The molecule has 0 saturated carbocycles. The minimum atomic E-state index is -0.912. The second-order valence-corrected chi connectivity index (χ2v) is 8.08. The van der Waals surface area contributed by atoms with Gasteiger partial charge >= 0.3 is 12.1 Å². The fourth-order valence-electron chi connectivity index (χ4n) is 3.54. The van der Waals surface area contributed by atoms with Crippen LogP contribution in [0, 0.1) is 5.92 Å². The molecule has 0 aliphatic rings. The summed E-state index contributed by atoms with van der Waals surface area (Å²) in [5, 5.41) is 6.30. The summed E-state index contributed by atoms with van der Waals surface area (Å²) in [5.74, 6) is -1.29. The van der Waals surface area contributed by atoms with Crippen LogP contribution in [0.1, 0.15) is 25.0 Å². The van der Waals surface area contributed by atoms with Gasteiger partial charge in [-0.05, 0) is 23.1 Å². The first-order chi connectivity index (χ1) is 15.9. The molecule has 3 rings (SSSR count). The van der Waals surface area contributed by atoms with Crippen LogP contribution in [0.2, 0.25) is 0 Å². The molecule has 0 radical (unpaired) electrons. The molecule has 174 valence electrons. The monoisotopic (exact) mass is 451 g/mol. The fraction of sp³-hybridized carbons (Fsp3) is 0.320. The summed E-state index contributed by atoms with van der Waals surface area (Å²) in [6, 6.07) is 15.1. The number of methoxy groups -OCH3 is 1. The number of amides is 2. The van der Waals surface area contributed by atoms with E-state index in [1.54, 1.807) is 13.8 Å². The summed E-state index contributed by atoms with van der Waals surface area (Å²) in [7, 11) is 1.27. The highest BCUT2D eigenvalue weighted by Gasteiger charge is 2.30. The minimum absolute atomic E-state index is 0.0878. The second-order valence-electron chi connectivity index (χ2n) is 8.08. The number of hydrogen-bond donors (Lipinski definition) is 3. The van der Waals surface area contributed by atoms with Gasteiger partial charge in [-0.2, -0.15) is 0 Å². The summed E-state index contributed by atoms with van der Waals surface area (Å²) in [5.41, 5.74) is 2.64. The van der Waals surface area contributed by atoms with E-state index in [2.05, 4.69) is 15.6 Å². The zero-order valence-corrected chi connectivity index (χ0v) is 19.0. The van der Waals surface area contributed by atoms with Gasteiger partial charge in [-0.1, -0.05) is 62.4 Å². The molecule has 3 N–H and O–H groups in total. The lowest BCUT2D eigenvalue weighted by Crippen LogP contribution is -2.54. The molecule has 0 aliphatic carbocycles. The van der Waals surface area contributed by atoms with Crippen molar-refractivity contribution >= 4 is 28.9 Å². The van der Waals surface area contributed by atoms with Crippen LogP contribution in [0.3, 0.4) is 0 Å². The third-order valence-electron chi connectivity index (χ3n) is 5.34. The summed E-state index contributed by atoms with van der Waals surface area (Å²) >= 11 is 0. The molecule has 3 aromatic rings. The Kier molecular flexibility index (Phi) is 8.07. The van der Waals surface area contributed by atoms with Crippen LogP contribution in [0.15, 0.2) is 60.8 Å². The number of carbonyl (C=O) groups is 3. The number of esters is 1. The van der Waals surface area contributed by atoms with Crippen molar-refractivity contribution in [1.82, 2.24) is 15.6 Å². The topological polar surface area (TPSA) is 110 Å². The molecule has 0 unspecified atom stereocenters. The van der Waals surface area contributed by atoms with Gasteiger partial charge in [-0.3, -0.25) is 4.79 Å². The first-order valence-electron chi connectivity index (χ1n) is 10.8. The van der Waals surface area contributed by atoms with E-state index in [-0.39, 0.29) is 18.9 Å². The minimum Gasteiger partial charge on any atom is -0.467 e. The van der Waals surface area contributed by atoms with Crippen molar-refractivity contribution in [2.24, 2.45) is 5.92 Å². The van der Waals surface area contributed by atoms with E-state index in [1.165, 1.54) is 7.11 Å². The van der Waals surface area contributed by atoms with Gasteiger partial charge in [-0.15, -0.1) is 0 Å². The molecule has 0 saturated heterocycles. The van der Waals surface area contributed by atoms with Crippen molar-refractivity contribution in [2.75, 3.05) is 7.11 Å². The predicted molar refractivity (Wildman–Crippen MR) is 124 cm³/mol. The molecule has 0 aliphatic heterocycles. The van der Waals surface area contributed by atoms with Crippen molar-refractivity contribution in [2.45, 2.75) is 39.0 Å². The van der Waals surface area contributed by atoms with Gasteiger partial charge < -0.3 is 25.1 Å². The molecule has 8 heteroatoms. The number of benzene rings is 2. The zero-order chi connectivity index (χ0) is 23.8. The van der Waals surface area contributed by atoms with Crippen molar-refractivity contribution in [3.8, 4) is 0 Å². The lowest BCUT2D eigenvalue weighted by molar-refractivity contribution is -0.145. The van der Waals surface area contributed by atoms with E-state index in [9.17, 15) is 14.4 Å². The number of rotatable bonds is 9. The first-order valence-corrected chi connectivity index (χ1v) is 10.8. The van der Waals surface area contributed by atoms with E-state index < -0.39 is 30.1 Å². The maximum absolute atomic E-state index is 13.0. The maximum atomic E-state index is 13.0. The quantitative estimate of drug-likeness (QED) is 0.433. The van der Waals surface area contributed by atoms with Crippen molar-refractivity contribution in [3.63, 3.8) is 0 Å². The Morgan fingerprint density at radius 2 is 1.67 bits per heavy atom. The highest BCUT2D eigenvalue weighted by atomic mass is 16.5. The molecule has 0 spiro atoms. The van der Waals surface area contributed by atoms with E-state index in [4.69, 9.17) is 9.47 Å². The second kappa shape index (κ2) is 11.2. The molecule has 2 aromatic carbocycles. The van der Waals surface area contributed by atoms with Crippen LogP contribution >= 0.6 is 0 Å². The Labute approximate surface area is 192 Å². The van der Waals surface area contributed by atoms with Gasteiger partial charge in [0.2, 0.25) is 5.91 Å². The van der Waals surface area contributed by atoms with Crippen molar-refractivity contribution in [3.05, 3.63) is 71.9 Å². The number of nitrogens with one attached hydrogen (secondary N) is 3. The van der Waals surface area contributed by atoms with Gasteiger partial charge in [0.1, 0.15) is 18.7 Å². The van der Waals surface area contributed by atoms with E-state index in [0.717, 1.165) is 22.0 Å². The fourth-order valence-corrected chi connectivity index (χ4v) is 3.54. The Morgan fingerprint density at radius 1 is 0.970 bits per heavy atom. The number of alkyl carbamates (subject to hydrolysis) is 1. The molecule has 2 amide bonds. The molecule has 8 nitrogen and oxygen atoms in total. The number of hydrogen-bond acceptors (Lipinski definition) is 5. The molecular formula is C25H29N3O5. The third-order valence-corrected chi connectivity index (χ3v) is 5.34.